The maximum absolute atomic E-state index is 14.0. The first-order valence-corrected chi connectivity index (χ1v) is 9.48. The van der Waals surface area contributed by atoms with Gasteiger partial charge < -0.3 is 20.5 Å². The predicted molar refractivity (Wildman–Crippen MR) is 112 cm³/mol. The third-order valence-corrected chi connectivity index (χ3v) is 4.46. The minimum atomic E-state index is -3.33. The number of carbonyl (C=O) groups excluding carboxylic acids is 2. The van der Waals surface area contributed by atoms with Crippen LogP contribution >= 0.6 is 0 Å². The molecule has 172 valence electrons. The van der Waals surface area contributed by atoms with Crippen LogP contribution in [0.25, 0.3) is 0 Å². The number of nitrogens with zero attached hydrogens (tertiary/aromatic N) is 2. The van der Waals surface area contributed by atoms with Crippen molar-refractivity contribution in [2.45, 2.75) is 19.8 Å². The van der Waals surface area contributed by atoms with E-state index < -0.39 is 29.2 Å². The van der Waals surface area contributed by atoms with Crippen LogP contribution in [0.4, 0.5) is 18.9 Å². The molecule has 3 rings (SSSR count). The fraction of sp³-hybridized carbons (Fsp3) is 0.182. The molecule has 1 aromatic carbocycles. The van der Waals surface area contributed by atoms with Gasteiger partial charge in [0.2, 0.25) is 0 Å². The highest BCUT2D eigenvalue weighted by molar-refractivity contribution is 6.07. The van der Waals surface area contributed by atoms with E-state index in [0.29, 0.717) is 6.92 Å². The number of benzene rings is 1. The second kappa shape index (κ2) is 9.15. The third-order valence-electron chi connectivity index (χ3n) is 4.46. The highest BCUT2D eigenvalue weighted by Crippen LogP contribution is 2.37. The predicted octanol–water partition coefficient (Wildman–Crippen LogP) is 4.19. The Bertz CT molecular complexity index is 1230. The average Bonchev–Trinajstić information content (AvgIpc) is 2.74. The first kappa shape index (κ1) is 23.5. The maximum Gasteiger partial charge on any atom is 0.287 e. The van der Waals surface area contributed by atoms with E-state index in [0.717, 1.165) is 18.2 Å². The first-order chi connectivity index (χ1) is 15.5. The number of halogens is 3. The van der Waals surface area contributed by atoms with Crippen LogP contribution in [-0.2, 0) is 5.92 Å². The third kappa shape index (κ3) is 5.37. The van der Waals surface area contributed by atoms with Crippen LogP contribution < -0.4 is 20.5 Å². The average molecular weight is 460 g/mol. The summed E-state index contributed by atoms with van der Waals surface area (Å²) in [6.45, 7) is 2.01. The first-order valence-electron chi connectivity index (χ1n) is 9.48. The number of alkyl halides is 2. The monoisotopic (exact) mass is 460 g/mol. The van der Waals surface area contributed by atoms with Crippen LogP contribution in [0, 0.1) is 12.7 Å². The Morgan fingerprint density at radius 2 is 1.82 bits per heavy atom. The summed E-state index contributed by atoms with van der Waals surface area (Å²) in [5, 5.41) is 2.53. The highest BCUT2D eigenvalue weighted by atomic mass is 19.3. The second-order valence-corrected chi connectivity index (χ2v) is 7.00. The number of hydrogen-bond donors (Lipinski definition) is 2. The van der Waals surface area contributed by atoms with Crippen LogP contribution in [0.5, 0.6) is 17.2 Å². The van der Waals surface area contributed by atoms with Gasteiger partial charge in [-0.25, -0.2) is 4.39 Å². The van der Waals surface area contributed by atoms with Gasteiger partial charge >= 0.3 is 0 Å². The fourth-order valence-electron chi connectivity index (χ4n) is 2.91. The van der Waals surface area contributed by atoms with E-state index >= 15 is 0 Å². The number of pyridine rings is 2. The zero-order valence-electron chi connectivity index (χ0n) is 17.8. The molecule has 2 heterocycles. The van der Waals surface area contributed by atoms with Gasteiger partial charge in [-0.15, -0.1) is 0 Å². The van der Waals surface area contributed by atoms with Crippen molar-refractivity contribution in [3.8, 4) is 17.2 Å². The van der Waals surface area contributed by atoms with Crippen molar-refractivity contribution in [1.82, 2.24) is 9.97 Å². The summed E-state index contributed by atoms with van der Waals surface area (Å²) in [4.78, 5) is 32.0. The van der Waals surface area contributed by atoms with E-state index in [1.165, 1.54) is 38.4 Å². The summed E-state index contributed by atoms with van der Waals surface area (Å²) in [6.07, 6.45) is 1.27. The van der Waals surface area contributed by atoms with Crippen molar-refractivity contribution in [2.75, 3.05) is 12.4 Å². The molecule has 0 saturated carbocycles. The summed E-state index contributed by atoms with van der Waals surface area (Å²) >= 11 is 0. The van der Waals surface area contributed by atoms with Gasteiger partial charge in [-0.1, -0.05) is 0 Å². The number of amides is 2. The van der Waals surface area contributed by atoms with E-state index in [4.69, 9.17) is 15.2 Å². The van der Waals surface area contributed by atoms with E-state index in [9.17, 15) is 22.8 Å². The number of nitrogens with one attached hydrogen (secondary N) is 1. The van der Waals surface area contributed by atoms with Crippen LogP contribution in [0.3, 0.4) is 0 Å². The molecule has 0 aliphatic carbocycles. The smallest absolute Gasteiger partial charge is 0.287 e. The lowest BCUT2D eigenvalue weighted by Gasteiger charge is -2.18. The molecule has 0 saturated heterocycles. The molecule has 33 heavy (non-hydrogen) atoms. The summed E-state index contributed by atoms with van der Waals surface area (Å²) < 4.78 is 52.4. The van der Waals surface area contributed by atoms with Crippen LogP contribution in [0.1, 0.15) is 39.2 Å². The molecule has 2 aromatic heterocycles. The fourth-order valence-corrected chi connectivity index (χ4v) is 2.91. The number of rotatable bonds is 7. The summed E-state index contributed by atoms with van der Waals surface area (Å²) in [7, 11) is 1.28. The van der Waals surface area contributed by atoms with Gasteiger partial charge in [-0.2, -0.15) is 8.78 Å². The molecule has 8 nitrogen and oxygen atoms in total. The number of aryl methyl sites for hydroxylation is 1. The van der Waals surface area contributed by atoms with Crippen LogP contribution in [0.2, 0.25) is 0 Å². The normalized spacial score (nSPS) is 11.1. The molecule has 2 amide bonds. The second-order valence-electron chi connectivity index (χ2n) is 7.00. The molecular formula is C22H19F3N4O4. The Labute approximate surface area is 186 Å². The summed E-state index contributed by atoms with van der Waals surface area (Å²) in [5.41, 5.74) is 4.45. The van der Waals surface area contributed by atoms with Gasteiger partial charge in [0.15, 0.2) is 11.5 Å². The lowest BCUT2D eigenvalue weighted by Crippen LogP contribution is -2.19. The molecule has 0 radical (unpaired) electrons. The number of nitrogens with two attached hydrogens (primary N) is 1. The van der Waals surface area contributed by atoms with E-state index in [-0.39, 0.29) is 39.9 Å². The van der Waals surface area contributed by atoms with E-state index in [1.807, 2.05) is 0 Å². The number of methoxy groups -OCH3 is 1. The Balaban J connectivity index is 2.07. The molecule has 0 atom stereocenters. The lowest BCUT2D eigenvalue weighted by molar-refractivity contribution is 0.0123. The van der Waals surface area contributed by atoms with Crippen molar-refractivity contribution in [2.24, 2.45) is 5.73 Å². The molecule has 3 N–H and O–H groups in total. The SMILES string of the molecule is COc1cc(F)ccc1Oc1cc(C(C)(F)F)nc(C)c1C(=O)Nc1ccnc(C(N)=O)c1. The van der Waals surface area contributed by atoms with Gasteiger partial charge in [-0.3, -0.25) is 19.6 Å². The Kier molecular flexibility index (Phi) is 6.52. The number of carbonyl (C=O) groups is 2. The Morgan fingerprint density at radius 3 is 2.45 bits per heavy atom. The minimum Gasteiger partial charge on any atom is -0.493 e. The van der Waals surface area contributed by atoms with Crippen molar-refractivity contribution in [3.63, 3.8) is 0 Å². The van der Waals surface area contributed by atoms with Gasteiger partial charge in [0.1, 0.15) is 28.5 Å². The molecule has 3 aromatic rings. The van der Waals surface area contributed by atoms with Crippen LogP contribution in [-0.4, -0.2) is 28.9 Å². The van der Waals surface area contributed by atoms with Crippen molar-refractivity contribution in [3.05, 3.63) is 71.1 Å². The minimum absolute atomic E-state index is 0.0103. The van der Waals surface area contributed by atoms with Crippen molar-refractivity contribution >= 4 is 17.5 Å². The molecule has 0 spiro atoms. The lowest BCUT2D eigenvalue weighted by atomic mass is 10.1. The van der Waals surface area contributed by atoms with Gasteiger partial charge in [0, 0.05) is 30.9 Å². The van der Waals surface area contributed by atoms with Gasteiger partial charge in [0.05, 0.1) is 12.8 Å². The molecule has 0 aliphatic rings. The summed E-state index contributed by atoms with van der Waals surface area (Å²) in [6, 6.07) is 6.94. The van der Waals surface area contributed by atoms with E-state index in [1.54, 1.807) is 0 Å². The molecule has 11 heteroatoms. The zero-order chi connectivity index (χ0) is 24.3. The molecule has 0 fully saturated rings. The Morgan fingerprint density at radius 1 is 1.09 bits per heavy atom. The molecule has 0 bridgehead atoms. The number of ether oxygens (including phenoxy) is 2. The number of anilines is 1. The van der Waals surface area contributed by atoms with Gasteiger partial charge in [-0.05, 0) is 31.2 Å². The van der Waals surface area contributed by atoms with E-state index in [2.05, 4.69) is 15.3 Å². The molecule has 0 unspecified atom stereocenters. The van der Waals surface area contributed by atoms with Crippen molar-refractivity contribution in [1.29, 1.82) is 0 Å². The molecular weight excluding hydrogens is 441 g/mol. The zero-order valence-corrected chi connectivity index (χ0v) is 17.8. The molecule has 0 aliphatic heterocycles. The maximum atomic E-state index is 14.0. The largest absolute Gasteiger partial charge is 0.493 e. The highest BCUT2D eigenvalue weighted by Gasteiger charge is 2.30. The standard InChI is InChI=1S/C22H19F3N4O4/c1-11-19(21(31)29-13-6-7-27-14(9-13)20(26)30)17(10-18(28-11)22(2,24)25)33-15-5-4-12(23)8-16(15)32-3/h4-10H,1-3H3,(H2,26,30)(H,27,29,31). The topological polar surface area (TPSA) is 116 Å². The summed E-state index contributed by atoms with van der Waals surface area (Å²) in [5.74, 6) is -5.77. The number of aromatic nitrogens is 2. The number of primary amides is 1. The van der Waals surface area contributed by atoms with Gasteiger partial charge in [0.25, 0.3) is 17.7 Å². The Hall–Kier alpha value is -4.15. The number of hydrogen-bond acceptors (Lipinski definition) is 6. The van der Waals surface area contributed by atoms with Crippen molar-refractivity contribution < 1.29 is 32.2 Å². The quantitative estimate of drug-likeness (QED) is 0.546. The van der Waals surface area contributed by atoms with Crippen LogP contribution in [0.15, 0.2) is 42.6 Å².